The summed E-state index contributed by atoms with van der Waals surface area (Å²) in [7, 11) is 0. The van der Waals surface area contributed by atoms with Gasteiger partial charge in [-0.3, -0.25) is 0 Å². The van der Waals surface area contributed by atoms with Crippen molar-refractivity contribution in [1.82, 2.24) is 0 Å². The molecule has 0 radical (unpaired) electrons. The highest BCUT2D eigenvalue weighted by Gasteiger charge is 2.45. The van der Waals surface area contributed by atoms with Crippen molar-refractivity contribution in [2.45, 2.75) is 43.4 Å². The zero-order valence-electron chi connectivity index (χ0n) is 20.9. The highest BCUT2D eigenvalue weighted by Crippen LogP contribution is 2.48. The Morgan fingerprint density at radius 2 is 1.67 bits per heavy atom. The van der Waals surface area contributed by atoms with Crippen LogP contribution in [0.25, 0.3) is 0 Å². The minimum Gasteiger partial charge on any atom is -0.406 e. The minimum absolute atomic E-state index is 0.137. The fourth-order valence-corrected chi connectivity index (χ4v) is 5.77. The molecule has 0 aromatic heterocycles. The van der Waals surface area contributed by atoms with Crippen LogP contribution in [0.4, 0.5) is 42.1 Å². The molecule has 2 aliphatic heterocycles. The van der Waals surface area contributed by atoms with E-state index in [9.17, 15) is 30.7 Å². The fraction of sp³-hybridized carbons (Fsp3) is 0.379. The quantitative estimate of drug-likeness (QED) is 0.284. The van der Waals surface area contributed by atoms with E-state index < -0.39 is 36.3 Å². The van der Waals surface area contributed by atoms with E-state index in [1.165, 1.54) is 18.2 Å². The molecule has 1 fully saturated rings. The summed E-state index contributed by atoms with van der Waals surface area (Å²) in [5.41, 5.74) is 2.55. The van der Waals surface area contributed by atoms with Crippen LogP contribution in [0.1, 0.15) is 29.5 Å². The number of benzene rings is 3. The highest BCUT2D eigenvalue weighted by atomic mass is 19.4. The Morgan fingerprint density at radius 1 is 0.897 bits per heavy atom. The molecule has 2 heterocycles. The minimum atomic E-state index is -4.89. The molecule has 0 aliphatic carbocycles. The summed E-state index contributed by atoms with van der Waals surface area (Å²) in [4.78, 5) is 3.59. The lowest BCUT2D eigenvalue weighted by Gasteiger charge is -2.33. The van der Waals surface area contributed by atoms with Crippen molar-refractivity contribution in [2.24, 2.45) is 0 Å². The molecular formula is C29H27F7N2O. The smallest absolute Gasteiger partial charge is 0.406 e. The van der Waals surface area contributed by atoms with E-state index in [1.54, 1.807) is 29.2 Å². The zero-order valence-corrected chi connectivity index (χ0v) is 20.9. The van der Waals surface area contributed by atoms with Crippen LogP contribution in [-0.2, 0) is 11.8 Å². The second-order valence-corrected chi connectivity index (χ2v) is 10.1. The lowest BCUT2D eigenvalue weighted by Crippen LogP contribution is -2.38. The lowest BCUT2D eigenvalue weighted by atomic mass is 9.71. The number of nitrogens with zero attached hydrogens (tertiary/aromatic N) is 2. The first-order valence-corrected chi connectivity index (χ1v) is 12.7. The van der Waals surface area contributed by atoms with Crippen LogP contribution in [0.3, 0.4) is 0 Å². The monoisotopic (exact) mass is 552 g/mol. The topological polar surface area (TPSA) is 15.7 Å². The maximum Gasteiger partial charge on any atom is 0.573 e. The van der Waals surface area contributed by atoms with E-state index in [-0.39, 0.29) is 19.6 Å². The molecule has 3 aromatic rings. The number of hydrogen-bond donors (Lipinski definition) is 0. The number of para-hydroxylation sites is 1. The molecule has 208 valence electrons. The lowest BCUT2D eigenvalue weighted by molar-refractivity contribution is -0.274. The van der Waals surface area contributed by atoms with Crippen LogP contribution >= 0.6 is 0 Å². The van der Waals surface area contributed by atoms with Gasteiger partial charge in [0.1, 0.15) is 11.9 Å². The van der Waals surface area contributed by atoms with Gasteiger partial charge in [0.05, 0.1) is 6.42 Å². The average Bonchev–Trinajstić information content (AvgIpc) is 3.44. The molecule has 0 saturated carbocycles. The van der Waals surface area contributed by atoms with Gasteiger partial charge >= 0.3 is 12.5 Å². The molecule has 3 aromatic carbocycles. The molecule has 3 nitrogen and oxygen atoms in total. The van der Waals surface area contributed by atoms with Gasteiger partial charge in [-0.05, 0) is 59.9 Å². The van der Waals surface area contributed by atoms with Crippen LogP contribution in [0.2, 0.25) is 0 Å². The third-order valence-corrected chi connectivity index (χ3v) is 7.42. The van der Waals surface area contributed by atoms with E-state index in [4.69, 9.17) is 0 Å². The number of halogens is 7. The van der Waals surface area contributed by atoms with Gasteiger partial charge in [0, 0.05) is 43.0 Å². The predicted octanol–water partition coefficient (Wildman–Crippen LogP) is 7.43. The van der Waals surface area contributed by atoms with Gasteiger partial charge < -0.3 is 14.5 Å². The van der Waals surface area contributed by atoms with E-state index >= 15 is 0 Å². The number of alkyl halides is 7. The Balaban J connectivity index is 1.58. The van der Waals surface area contributed by atoms with Crippen LogP contribution in [0, 0.1) is 0 Å². The summed E-state index contributed by atoms with van der Waals surface area (Å²) < 4.78 is 96.8. The molecule has 1 saturated heterocycles. The molecule has 5 rings (SSSR count). The van der Waals surface area contributed by atoms with E-state index in [1.807, 2.05) is 35.2 Å². The second-order valence-electron chi connectivity index (χ2n) is 10.1. The number of anilines is 2. The first-order chi connectivity index (χ1) is 18.4. The van der Waals surface area contributed by atoms with Crippen molar-refractivity contribution in [3.63, 3.8) is 0 Å². The van der Waals surface area contributed by atoms with Gasteiger partial charge in [-0.25, -0.2) is 4.39 Å². The van der Waals surface area contributed by atoms with Gasteiger partial charge in [0.2, 0.25) is 0 Å². The van der Waals surface area contributed by atoms with Gasteiger partial charge in [-0.2, -0.15) is 13.2 Å². The molecule has 2 aliphatic rings. The summed E-state index contributed by atoms with van der Waals surface area (Å²) in [6, 6.07) is 20.3. The zero-order chi connectivity index (χ0) is 27.8. The van der Waals surface area contributed by atoms with E-state index in [2.05, 4.69) is 4.74 Å². The third-order valence-electron chi connectivity index (χ3n) is 7.42. The number of rotatable bonds is 7. The molecule has 2 atom stereocenters. The SMILES string of the molecule is FC1CCN(c2cccc(CC3(c4cccc(OC(F)(F)F)c4)CN(CCC(F)(F)F)c4ccccc43)c2)C1. The number of fused-ring (bicyclic) bond motifs is 1. The van der Waals surface area contributed by atoms with Crippen molar-refractivity contribution in [3.05, 3.63) is 89.5 Å². The standard InChI is InChI=1S/C29H27F7N2O/c30-22-11-13-37(18-22)23-7-3-5-20(15-23)17-27(21-6-4-8-24(16-21)39-29(34,35)36)19-38(14-12-28(31,32)33)26-10-2-1-9-25(26)27/h1-10,15-16,22H,11-14,17-19H2. The van der Waals surface area contributed by atoms with Gasteiger partial charge in [-0.15, -0.1) is 13.2 Å². The Morgan fingerprint density at radius 3 is 2.38 bits per heavy atom. The van der Waals surface area contributed by atoms with Crippen LogP contribution in [0.5, 0.6) is 5.75 Å². The van der Waals surface area contributed by atoms with Crippen molar-refractivity contribution < 1.29 is 35.5 Å². The first-order valence-electron chi connectivity index (χ1n) is 12.7. The molecule has 0 spiro atoms. The maximum atomic E-state index is 13.9. The molecule has 10 heteroatoms. The van der Waals surface area contributed by atoms with Crippen molar-refractivity contribution >= 4 is 11.4 Å². The summed E-state index contributed by atoms with van der Waals surface area (Å²) in [5.74, 6) is -0.398. The third kappa shape index (κ3) is 6.09. The van der Waals surface area contributed by atoms with E-state index in [0.717, 1.165) is 16.8 Å². The van der Waals surface area contributed by atoms with Gasteiger partial charge in [-0.1, -0.05) is 42.5 Å². The van der Waals surface area contributed by atoms with Crippen molar-refractivity contribution in [3.8, 4) is 5.75 Å². The molecule has 39 heavy (non-hydrogen) atoms. The summed E-state index contributed by atoms with van der Waals surface area (Å²) in [6.07, 6.45) is -10.5. The maximum absolute atomic E-state index is 13.9. The largest absolute Gasteiger partial charge is 0.573 e. The fourth-order valence-electron chi connectivity index (χ4n) is 5.77. The molecular weight excluding hydrogens is 525 g/mol. The number of ether oxygens (including phenoxy) is 1. The van der Waals surface area contributed by atoms with Crippen molar-refractivity contribution in [1.29, 1.82) is 0 Å². The Bertz CT molecular complexity index is 1310. The Hall–Kier alpha value is -3.43. The van der Waals surface area contributed by atoms with Crippen molar-refractivity contribution in [2.75, 3.05) is 36.0 Å². The first kappa shape index (κ1) is 27.1. The summed E-state index contributed by atoms with van der Waals surface area (Å²) in [6.45, 7) is 0.700. The highest BCUT2D eigenvalue weighted by molar-refractivity contribution is 5.67. The predicted molar refractivity (Wildman–Crippen MR) is 135 cm³/mol. The van der Waals surface area contributed by atoms with Crippen LogP contribution in [0.15, 0.2) is 72.8 Å². The second kappa shape index (κ2) is 10.3. The summed E-state index contributed by atoms with van der Waals surface area (Å²) in [5, 5.41) is 0. The summed E-state index contributed by atoms with van der Waals surface area (Å²) >= 11 is 0. The molecule has 0 bridgehead atoms. The number of hydrogen-bond acceptors (Lipinski definition) is 3. The van der Waals surface area contributed by atoms with E-state index in [0.29, 0.717) is 30.6 Å². The van der Waals surface area contributed by atoms with Gasteiger partial charge in [0.15, 0.2) is 0 Å². The normalized spacial score (nSPS) is 21.4. The van der Waals surface area contributed by atoms with Gasteiger partial charge in [0.25, 0.3) is 0 Å². The average molecular weight is 553 g/mol. The van der Waals surface area contributed by atoms with Crippen LogP contribution < -0.4 is 14.5 Å². The molecule has 0 N–H and O–H groups in total. The Kier molecular flexibility index (Phi) is 7.15. The Labute approximate surface area is 221 Å². The molecule has 0 amide bonds. The van der Waals surface area contributed by atoms with Crippen LogP contribution in [-0.4, -0.2) is 44.9 Å². The molecule has 2 unspecified atom stereocenters.